The second kappa shape index (κ2) is 4.04. The van der Waals surface area contributed by atoms with Crippen molar-refractivity contribution in [2.24, 2.45) is 0 Å². The zero-order valence-corrected chi connectivity index (χ0v) is 9.42. The molecule has 3 nitrogen and oxygen atoms in total. The minimum Gasteiger partial charge on any atom is -0.481 e. The Morgan fingerprint density at radius 2 is 1.84 bits per heavy atom. The van der Waals surface area contributed by atoms with Crippen LogP contribution in [0.15, 0.2) is 18.2 Å². The van der Waals surface area contributed by atoms with Gasteiger partial charge in [0.05, 0.1) is 5.56 Å². The number of carbonyl (C=O) groups excluding carboxylic acids is 1. The highest BCUT2D eigenvalue weighted by molar-refractivity contribution is 6.01. The van der Waals surface area contributed by atoms with E-state index in [-0.39, 0.29) is 24.2 Å². The van der Waals surface area contributed by atoms with Crippen molar-refractivity contribution >= 4 is 11.8 Å². The van der Waals surface area contributed by atoms with Crippen molar-refractivity contribution in [2.45, 2.75) is 24.4 Å². The molecule has 0 bridgehead atoms. The molecule has 1 fully saturated rings. The summed E-state index contributed by atoms with van der Waals surface area (Å²) in [6.07, 6.45) is -5.65. The second-order valence-corrected chi connectivity index (χ2v) is 4.47. The maximum absolute atomic E-state index is 13.1. The number of carboxylic acid groups (broad SMARTS) is 1. The Labute approximate surface area is 104 Å². The molecule has 2 rings (SSSR count). The number of hydrogen-bond acceptors (Lipinski definition) is 2. The van der Waals surface area contributed by atoms with E-state index in [1.165, 1.54) is 0 Å². The van der Waals surface area contributed by atoms with Crippen LogP contribution in [-0.4, -0.2) is 16.9 Å². The Morgan fingerprint density at radius 1 is 1.26 bits per heavy atom. The normalized spacial score (nSPS) is 18.0. The first-order chi connectivity index (χ1) is 8.67. The predicted molar refractivity (Wildman–Crippen MR) is 55.0 cm³/mol. The minimum absolute atomic E-state index is 0.201. The van der Waals surface area contributed by atoms with E-state index in [4.69, 9.17) is 5.11 Å². The molecule has 1 saturated carbocycles. The van der Waals surface area contributed by atoms with Crippen LogP contribution in [0.4, 0.5) is 17.6 Å². The van der Waals surface area contributed by atoms with Crippen molar-refractivity contribution in [1.82, 2.24) is 0 Å². The minimum atomic E-state index is -4.91. The second-order valence-electron chi connectivity index (χ2n) is 4.47. The third-order valence-electron chi connectivity index (χ3n) is 3.23. The molecule has 1 aromatic rings. The third kappa shape index (κ3) is 2.09. The molecule has 1 N–H and O–H groups in total. The summed E-state index contributed by atoms with van der Waals surface area (Å²) in [6.45, 7) is 0. The SMILES string of the molecule is O=C1CC(C(=O)O)(c2ccc(F)c(C(F)(F)F)c2)C1. The molecule has 0 unspecified atom stereocenters. The lowest BCUT2D eigenvalue weighted by Crippen LogP contribution is -2.48. The summed E-state index contributed by atoms with van der Waals surface area (Å²) < 4.78 is 50.8. The Hall–Kier alpha value is -1.92. The van der Waals surface area contributed by atoms with Crippen LogP contribution >= 0.6 is 0 Å². The first-order valence-corrected chi connectivity index (χ1v) is 5.29. The van der Waals surface area contributed by atoms with Gasteiger partial charge >= 0.3 is 12.1 Å². The number of carbonyl (C=O) groups is 2. The molecule has 1 aromatic carbocycles. The molecule has 0 spiro atoms. The Kier molecular flexibility index (Phi) is 2.87. The van der Waals surface area contributed by atoms with Crippen molar-refractivity contribution in [1.29, 1.82) is 0 Å². The van der Waals surface area contributed by atoms with Gasteiger partial charge in [0.2, 0.25) is 0 Å². The van der Waals surface area contributed by atoms with Crippen LogP contribution < -0.4 is 0 Å². The van der Waals surface area contributed by atoms with E-state index in [1.807, 2.05) is 0 Å². The number of hydrogen-bond donors (Lipinski definition) is 1. The van der Waals surface area contributed by atoms with Crippen LogP contribution in [0.25, 0.3) is 0 Å². The zero-order valence-electron chi connectivity index (χ0n) is 9.42. The number of halogens is 4. The maximum Gasteiger partial charge on any atom is 0.419 e. The van der Waals surface area contributed by atoms with Crippen LogP contribution in [0.5, 0.6) is 0 Å². The molecule has 0 saturated heterocycles. The summed E-state index contributed by atoms with van der Waals surface area (Å²) in [5, 5.41) is 9.09. The van der Waals surface area contributed by atoms with Crippen molar-refractivity contribution in [3.63, 3.8) is 0 Å². The largest absolute Gasteiger partial charge is 0.481 e. The molecule has 1 aliphatic carbocycles. The Morgan fingerprint density at radius 3 is 2.26 bits per heavy atom. The van der Waals surface area contributed by atoms with Crippen molar-refractivity contribution in [2.75, 3.05) is 0 Å². The van der Waals surface area contributed by atoms with Crippen LogP contribution in [0.3, 0.4) is 0 Å². The maximum atomic E-state index is 13.1. The highest BCUT2D eigenvalue weighted by Gasteiger charge is 2.52. The lowest BCUT2D eigenvalue weighted by atomic mass is 9.63. The summed E-state index contributed by atoms with van der Waals surface area (Å²) in [7, 11) is 0. The van der Waals surface area contributed by atoms with Gasteiger partial charge in [-0.15, -0.1) is 0 Å². The number of ketones is 1. The van der Waals surface area contributed by atoms with Crippen molar-refractivity contribution in [3.05, 3.63) is 35.1 Å². The monoisotopic (exact) mass is 276 g/mol. The summed E-state index contributed by atoms with van der Waals surface area (Å²) in [5.74, 6) is -3.20. The average molecular weight is 276 g/mol. The van der Waals surface area contributed by atoms with Gasteiger partial charge in [0.1, 0.15) is 17.0 Å². The molecule has 0 atom stereocenters. The topological polar surface area (TPSA) is 54.4 Å². The first kappa shape index (κ1) is 13.5. The summed E-state index contributed by atoms with van der Waals surface area (Å²) in [5.41, 5.74) is -3.39. The Bertz CT molecular complexity index is 555. The summed E-state index contributed by atoms with van der Waals surface area (Å²) >= 11 is 0. The molecular weight excluding hydrogens is 268 g/mol. The first-order valence-electron chi connectivity index (χ1n) is 5.29. The molecule has 102 valence electrons. The quantitative estimate of drug-likeness (QED) is 0.844. The van der Waals surface area contributed by atoms with Crippen LogP contribution in [0, 0.1) is 5.82 Å². The fourth-order valence-corrected chi connectivity index (χ4v) is 2.14. The van der Waals surface area contributed by atoms with Gasteiger partial charge < -0.3 is 5.11 Å². The summed E-state index contributed by atoms with van der Waals surface area (Å²) in [4.78, 5) is 22.2. The van der Waals surface area contributed by atoms with Gasteiger partial charge in [-0.3, -0.25) is 9.59 Å². The zero-order chi connectivity index (χ0) is 14.4. The number of alkyl halides is 3. The number of carboxylic acids is 1. The van der Waals surface area contributed by atoms with E-state index < -0.39 is 28.9 Å². The Balaban J connectivity index is 2.52. The van der Waals surface area contributed by atoms with Crippen molar-refractivity contribution in [3.8, 4) is 0 Å². The third-order valence-corrected chi connectivity index (χ3v) is 3.23. The van der Waals surface area contributed by atoms with Gasteiger partial charge in [-0.05, 0) is 17.7 Å². The molecule has 19 heavy (non-hydrogen) atoms. The average Bonchev–Trinajstić information content (AvgIpc) is 2.23. The van der Waals surface area contributed by atoms with Gasteiger partial charge in [0.15, 0.2) is 0 Å². The van der Waals surface area contributed by atoms with Gasteiger partial charge in [-0.2, -0.15) is 13.2 Å². The van der Waals surface area contributed by atoms with Crippen LogP contribution in [-0.2, 0) is 21.2 Å². The van der Waals surface area contributed by atoms with Crippen molar-refractivity contribution < 1.29 is 32.3 Å². The molecule has 0 aromatic heterocycles. The highest BCUT2D eigenvalue weighted by Crippen LogP contribution is 2.43. The van der Waals surface area contributed by atoms with Crippen LogP contribution in [0.2, 0.25) is 0 Å². The van der Waals surface area contributed by atoms with E-state index in [9.17, 15) is 27.2 Å². The fraction of sp³-hybridized carbons (Fsp3) is 0.333. The van der Waals surface area contributed by atoms with E-state index in [2.05, 4.69) is 0 Å². The predicted octanol–water partition coefficient (Wildman–Crippen LogP) is 2.53. The highest BCUT2D eigenvalue weighted by atomic mass is 19.4. The van der Waals surface area contributed by atoms with Gasteiger partial charge in [0.25, 0.3) is 0 Å². The standard InChI is InChI=1S/C12H8F4O3/c13-9-2-1-6(3-8(9)12(14,15)16)11(10(18)19)4-7(17)5-11/h1-3H,4-5H2,(H,18,19). The molecule has 7 heteroatoms. The summed E-state index contributed by atoms with van der Waals surface area (Å²) in [6, 6.07) is 2.02. The smallest absolute Gasteiger partial charge is 0.419 e. The van der Waals surface area contributed by atoms with E-state index >= 15 is 0 Å². The lowest BCUT2D eigenvalue weighted by Gasteiger charge is -2.36. The van der Waals surface area contributed by atoms with E-state index in [1.54, 1.807) is 0 Å². The number of rotatable bonds is 2. The van der Waals surface area contributed by atoms with E-state index in [0.717, 1.165) is 6.07 Å². The molecular formula is C12H8F4O3. The molecule has 0 heterocycles. The molecule has 0 radical (unpaired) electrons. The number of Topliss-reactive ketones (excluding diaryl/α,β-unsaturated/α-hetero) is 1. The molecule has 0 aliphatic heterocycles. The number of benzene rings is 1. The van der Waals surface area contributed by atoms with Gasteiger partial charge in [-0.25, -0.2) is 4.39 Å². The number of aliphatic carboxylic acids is 1. The van der Waals surface area contributed by atoms with Crippen LogP contribution in [0.1, 0.15) is 24.0 Å². The van der Waals surface area contributed by atoms with Gasteiger partial charge in [-0.1, -0.05) is 6.07 Å². The fourth-order valence-electron chi connectivity index (χ4n) is 2.14. The van der Waals surface area contributed by atoms with E-state index in [0.29, 0.717) is 12.1 Å². The van der Waals surface area contributed by atoms with Gasteiger partial charge in [0, 0.05) is 12.8 Å². The molecule has 1 aliphatic rings. The molecule has 0 amide bonds. The lowest BCUT2D eigenvalue weighted by molar-refractivity contribution is -0.153.